The monoisotopic (exact) mass is 262 g/mol. The standard InChI is InChI=1S/C15H19FN2O/c16-13-3-1-12(2-4-13)14-10-19-15(18-14)9-11-5-7-17-8-6-11/h1-4,11,14,17H,5-10H2. The molecule has 1 atom stereocenters. The summed E-state index contributed by atoms with van der Waals surface area (Å²) in [6, 6.07) is 6.59. The fourth-order valence-corrected chi connectivity index (χ4v) is 2.72. The number of halogens is 1. The molecule has 19 heavy (non-hydrogen) atoms. The first-order chi connectivity index (χ1) is 9.31. The Morgan fingerprint density at radius 2 is 1.95 bits per heavy atom. The molecule has 102 valence electrons. The van der Waals surface area contributed by atoms with Crippen molar-refractivity contribution in [1.82, 2.24) is 5.32 Å². The third kappa shape index (κ3) is 3.13. The molecular weight excluding hydrogens is 243 g/mol. The zero-order valence-electron chi connectivity index (χ0n) is 10.9. The third-order valence-corrected chi connectivity index (χ3v) is 3.88. The molecule has 3 nitrogen and oxygen atoms in total. The highest BCUT2D eigenvalue weighted by atomic mass is 19.1. The van der Waals surface area contributed by atoms with Crippen molar-refractivity contribution in [3.63, 3.8) is 0 Å². The molecule has 0 radical (unpaired) electrons. The maximum absolute atomic E-state index is 12.9. The second kappa shape index (κ2) is 5.70. The Hall–Kier alpha value is -1.42. The summed E-state index contributed by atoms with van der Waals surface area (Å²) >= 11 is 0. The first-order valence-electron chi connectivity index (χ1n) is 6.97. The highest BCUT2D eigenvalue weighted by Crippen LogP contribution is 2.26. The minimum Gasteiger partial charge on any atom is -0.478 e. The molecule has 1 N–H and O–H groups in total. The zero-order valence-corrected chi connectivity index (χ0v) is 10.9. The molecule has 0 aliphatic carbocycles. The predicted molar refractivity (Wildman–Crippen MR) is 72.7 cm³/mol. The van der Waals surface area contributed by atoms with Gasteiger partial charge in [-0.15, -0.1) is 0 Å². The van der Waals surface area contributed by atoms with E-state index in [9.17, 15) is 4.39 Å². The van der Waals surface area contributed by atoms with Crippen LogP contribution >= 0.6 is 0 Å². The van der Waals surface area contributed by atoms with Gasteiger partial charge in [-0.1, -0.05) is 12.1 Å². The Morgan fingerprint density at radius 1 is 1.21 bits per heavy atom. The zero-order chi connectivity index (χ0) is 13.1. The molecule has 0 amide bonds. The molecule has 1 aromatic rings. The van der Waals surface area contributed by atoms with Crippen LogP contribution in [0, 0.1) is 11.7 Å². The lowest BCUT2D eigenvalue weighted by Gasteiger charge is -2.21. The number of rotatable bonds is 3. The highest BCUT2D eigenvalue weighted by molar-refractivity contribution is 5.78. The molecule has 2 aliphatic rings. The number of piperidine rings is 1. The van der Waals surface area contributed by atoms with Gasteiger partial charge in [-0.05, 0) is 49.5 Å². The van der Waals surface area contributed by atoms with Gasteiger partial charge in [0.2, 0.25) is 0 Å². The van der Waals surface area contributed by atoms with Gasteiger partial charge in [0, 0.05) is 6.42 Å². The van der Waals surface area contributed by atoms with Crippen molar-refractivity contribution in [3.8, 4) is 0 Å². The van der Waals surface area contributed by atoms with Crippen LogP contribution in [0.5, 0.6) is 0 Å². The van der Waals surface area contributed by atoms with Crippen molar-refractivity contribution in [2.24, 2.45) is 10.9 Å². The molecule has 0 spiro atoms. The molecule has 2 heterocycles. The summed E-state index contributed by atoms with van der Waals surface area (Å²) in [5.41, 5.74) is 1.03. The van der Waals surface area contributed by atoms with E-state index in [4.69, 9.17) is 4.74 Å². The van der Waals surface area contributed by atoms with Crippen LogP contribution in [0.4, 0.5) is 4.39 Å². The number of hydrogen-bond acceptors (Lipinski definition) is 3. The van der Waals surface area contributed by atoms with Crippen molar-refractivity contribution in [3.05, 3.63) is 35.6 Å². The van der Waals surface area contributed by atoms with E-state index in [0.29, 0.717) is 12.5 Å². The summed E-state index contributed by atoms with van der Waals surface area (Å²) in [5.74, 6) is 1.36. The summed E-state index contributed by atoms with van der Waals surface area (Å²) in [4.78, 5) is 4.63. The normalized spacial score (nSPS) is 24.1. The molecule has 0 aromatic heterocycles. The fraction of sp³-hybridized carbons (Fsp3) is 0.533. The Kier molecular flexibility index (Phi) is 3.78. The molecule has 4 heteroatoms. The minimum absolute atomic E-state index is 0.0392. The first-order valence-corrected chi connectivity index (χ1v) is 6.97. The van der Waals surface area contributed by atoms with Crippen LogP contribution in [0.3, 0.4) is 0 Å². The van der Waals surface area contributed by atoms with Gasteiger partial charge in [0.15, 0.2) is 5.90 Å². The summed E-state index contributed by atoms with van der Waals surface area (Å²) in [7, 11) is 0. The van der Waals surface area contributed by atoms with Crippen molar-refractivity contribution < 1.29 is 9.13 Å². The van der Waals surface area contributed by atoms with E-state index in [1.54, 1.807) is 12.1 Å². The van der Waals surface area contributed by atoms with Gasteiger partial charge in [0.05, 0.1) is 0 Å². The van der Waals surface area contributed by atoms with Crippen molar-refractivity contribution in [1.29, 1.82) is 0 Å². The Labute approximate surface area is 112 Å². The van der Waals surface area contributed by atoms with E-state index in [-0.39, 0.29) is 11.9 Å². The molecular formula is C15H19FN2O. The highest BCUT2D eigenvalue weighted by Gasteiger charge is 2.23. The lowest BCUT2D eigenvalue weighted by molar-refractivity contribution is 0.294. The molecule has 2 aliphatic heterocycles. The molecule has 3 rings (SSSR count). The average molecular weight is 262 g/mol. The number of nitrogens with zero attached hydrogens (tertiary/aromatic N) is 1. The fourth-order valence-electron chi connectivity index (χ4n) is 2.72. The van der Waals surface area contributed by atoms with Crippen LogP contribution in [0.25, 0.3) is 0 Å². The third-order valence-electron chi connectivity index (χ3n) is 3.88. The summed E-state index contributed by atoms with van der Waals surface area (Å²) in [6.07, 6.45) is 3.34. The molecule has 1 saturated heterocycles. The van der Waals surface area contributed by atoms with Gasteiger partial charge in [0.25, 0.3) is 0 Å². The van der Waals surface area contributed by atoms with Gasteiger partial charge in [0.1, 0.15) is 18.5 Å². The van der Waals surface area contributed by atoms with Gasteiger partial charge in [-0.25, -0.2) is 9.38 Å². The smallest absolute Gasteiger partial charge is 0.184 e. The lowest BCUT2D eigenvalue weighted by atomic mass is 9.95. The van der Waals surface area contributed by atoms with E-state index in [2.05, 4.69) is 10.3 Å². The van der Waals surface area contributed by atoms with Crippen LogP contribution in [-0.4, -0.2) is 25.6 Å². The van der Waals surface area contributed by atoms with Crippen LogP contribution in [0.2, 0.25) is 0 Å². The Balaban J connectivity index is 1.62. The molecule has 0 bridgehead atoms. The Bertz CT molecular complexity index is 452. The Morgan fingerprint density at radius 3 is 2.68 bits per heavy atom. The summed E-state index contributed by atoms with van der Waals surface area (Å²) < 4.78 is 18.6. The number of nitrogens with one attached hydrogen (secondary N) is 1. The summed E-state index contributed by atoms with van der Waals surface area (Å²) in [5, 5.41) is 3.36. The molecule has 1 unspecified atom stereocenters. The topological polar surface area (TPSA) is 33.6 Å². The summed E-state index contributed by atoms with van der Waals surface area (Å²) in [6.45, 7) is 2.78. The molecule has 1 fully saturated rings. The second-order valence-corrected chi connectivity index (χ2v) is 5.30. The largest absolute Gasteiger partial charge is 0.478 e. The van der Waals surface area contributed by atoms with Crippen LogP contribution in [0.15, 0.2) is 29.3 Å². The van der Waals surface area contributed by atoms with E-state index >= 15 is 0 Å². The molecule has 1 aromatic carbocycles. The SMILES string of the molecule is Fc1ccc(C2COC(CC3CCNCC3)=N2)cc1. The first kappa shape index (κ1) is 12.6. The number of ether oxygens (including phenoxy) is 1. The minimum atomic E-state index is -0.207. The van der Waals surface area contributed by atoms with Crippen LogP contribution in [0.1, 0.15) is 30.9 Å². The van der Waals surface area contributed by atoms with Crippen LogP contribution in [-0.2, 0) is 4.74 Å². The average Bonchev–Trinajstić information content (AvgIpc) is 2.89. The van der Waals surface area contributed by atoms with E-state index in [0.717, 1.165) is 31.0 Å². The number of hydrogen-bond donors (Lipinski definition) is 1. The molecule has 0 saturated carbocycles. The van der Waals surface area contributed by atoms with Gasteiger partial charge in [-0.3, -0.25) is 0 Å². The van der Waals surface area contributed by atoms with Crippen LogP contribution < -0.4 is 5.32 Å². The van der Waals surface area contributed by atoms with Crippen molar-refractivity contribution in [2.45, 2.75) is 25.3 Å². The van der Waals surface area contributed by atoms with Gasteiger partial charge >= 0.3 is 0 Å². The quantitative estimate of drug-likeness (QED) is 0.908. The van der Waals surface area contributed by atoms with Gasteiger partial charge in [-0.2, -0.15) is 0 Å². The lowest BCUT2D eigenvalue weighted by Crippen LogP contribution is -2.28. The predicted octanol–water partition coefficient (Wildman–Crippen LogP) is 2.69. The van der Waals surface area contributed by atoms with Crippen molar-refractivity contribution >= 4 is 5.90 Å². The maximum Gasteiger partial charge on any atom is 0.184 e. The van der Waals surface area contributed by atoms with Gasteiger partial charge < -0.3 is 10.1 Å². The number of aliphatic imine (C=N–C) groups is 1. The maximum atomic E-state index is 12.9. The number of benzene rings is 1. The van der Waals surface area contributed by atoms with E-state index < -0.39 is 0 Å². The van der Waals surface area contributed by atoms with Crippen molar-refractivity contribution in [2.75, 3.05) is 19.7 Å². The van der Waals surface area contributed by atoms with E-state index in [1.807, 2.05) is 0 Å². The second-order valence-electron chi connectivity index (χ2n) is 5.30. The van der Waals surface area contributed by atoms with E-state index in [1.165, 1.54) is 25.0 Å².